The van der Waals surface area contributed by atoms with Crippen molar-refractivity contribution in [1.82, 2.24) is 4.58 Å². The van der Waals surface area contributed by atoms with Crippen molar-refractivity contribution in [2.24, 2.45) is 0 Å². The van der Waals surface area contributed by atoms with Crippen molar-refractivity contribution in [3.8, 4) is 5.75 Å². The van der Waals surface area contributed by atoms with Crippen LogP contribution in [-0.4, -0.2) is 33.3 Å². The number of hydrogen-bond acceptors (Lipinski definition) is 3. The van der Waals surface area contributed by atoms with Gasteiger partial charge in [-0.1, -0.05) is 24.3 Å². The van der Waals surface area contributed by atoms with Crippen molar-refractivity contribution in [2.45, 2.75) is 33.1 Å². The lowest BCUT2D eigenvalue weighted by molar-refractivity contribution is 0.387. The second kappa shape index (κ2) is 9.86. The van der Waals surface area contributed by atoms with Crippen molar-refractivity contribution in [3.63, 3.8) is 0 Å². The maximum absolute atomic E-state index is 6.45. The lowest BCUT2D eigenvalue weighted by Crippen LogP contribution is -2.34. The second-order valence-corrected chi connectivity index (χ2v) is 8.05. The molecule has 2 aromatic carbocycles. The Morgan fingerprint density at radius 3 is 2.35 bits per heavy atom. The van der Waals surface area contributed by atoms with Gasteiger partial charge in [-0.25, -0.2) is 0 Å². The van der Waals surface area contributed by atoms with Gasteiger partial charge in [0.05, 0.1) is 13.2 Å². The van der Waals surface area contributed by atoms with Gasteiger partial charge in [0.1, 0.15) is 24.4 Å². The molecule has 1 aromatic heterocycles. The third-order valence-electron chi connectivity index (χ3n) is 6.14. The van der Waals surface area contributed by atoms with Crippen molar-refractivity contribution in [2.75, 3.05) is 38.2 Å². The standard InChI is InChI=1S/C27H33N2O2/c1-4-28(5-2)23-13-16-25-22(12-9-21-10-14-24(30-3)15-11-21)19-27(31-26(25)20-23)29-17-7-6-8-18-29/h9-16,19-20H,4-8,17-18H2,1-3H3/q+1/b12-9+. The summed E-state index contributed by atoms with van der Waals surface area (Å²) in [5.74, 6) is 0.873. The Bertz CT molecular complexity index is 1110. The van der Waals surface area contributed by atoms with Gasteiger partial charge in [0.15, 0.2) is 0 Å². The van der Waals surface area contributed by atoms with Crippen LogP contribution in [0.4, 0.5) is 5.69 Å². The van der Waals surface area contributed by atoms with E-state index in [1.807, 2.05) is 12.1 Å². The number of piperidine rings is 1. The van der Waals surface area contributed by atoms with Gasteiger partial charge in [-0.15, -0.1) is 0 Å². The molecule has 0 radical (unpaired) electrons. The molecule has 0 saturated carbocycles. The molecule has 1 fully saturated rings. The fraction of sp³-hybridized carbons (Fsp3) is 0.370. The van der Waals surface area contributed by atoms with E-state index in [0.29, 0.717) is 0 Å². The molecule has 1 aliphatic rings. The monoisotopic (exact) mass is 417 g/mol. The van der Waals surface area contributed by atoms with Gasteiger partial charge in [-0.2, -0.15) is 4.58 Å². The highest BCUT2D eigenvalue weighted by Gasteiger charge is 2.15. The molecule has 31 heavy (non-hydrogen) atoms. The minimum Gasteiger partial charge on any atom is -0.497 e. The first-order valence-electron chi connectivity index (χ1n) is 11.4. The summed E-state index contributed by atoms with van der Waals surface area (Å²) in [6.45, 7) is 8.48. The number of benzene rings is 2. The van der Waals surface area contributed by atoms with Crippen LogP contribution in [0.1, 0.15) is 44.2 Å². The quantitative estimate of drug-likeness (QED) is 0.502. The summed E-state index contributed by atoms with van der Waals surface area (Å²) >= 11 is 0. The minimum absolute atomic E-state index is 0.873. The number of ether oxygens (including phenoxy) is 1. The third-order valence-corrected chi connectivity index (χ3v) is 6.14. The van der Waals surface area contributed by atoms with Gasteiger partial charge in [0, 0.05) is 43.1 Å². The van der Waals surface area contributed by atoms with E-state index >= 15 is 0 Å². The molecule has 0 amide bonds. The van der Waals surface area contributed by atoms with E-state index in [4.69, 9.17) is 9.15 Å². The van der Waals surface area contributed by atoms with Crippen molar-refractivity contribution >= 4 is 28.8 Å². The largest absolute Gasteiger partial charge is 0.497 e. The Kier molecular flexibility index (Phi) is 6.76. The summed E-state index contributed by atoms with van der Waals surface area (Å²) in [4.78, 5) is 2.36. The minimum atomic E-state index is 0.873. The average molecular weight is 418 g/mol. The number of methoxy groups -OCH3 is 1. The van der Waals surface area contributed by atoms with E-state index in [1.54, 1.807) is 7.11 Å². The molecule has 2 heterocycles. The normalized spacial score (nSPS) is 14.4. The van der Waals surface area contributed by atoms with Gasteiger partial charge >= 0.3 is 5.55 Å². The number of fused-ring (bicyclic) bond motifs is 1. The van der Waals surface area contributed by atoms with Crippen molar-refractivity contribution in [1.29, 1.82) is 0 Å². The van der Waals surface area contributed by atoms with E-state index in [-0.39, 0.29) is 0 Å². The lowest BCUT2D eigenvalue weighted by atomic mass is 10.1. The van der Waals surface area contributed by atoms with Gasteiger partial charge in [0.2, 0.25) is 0 Å². The smallest absolute Gasteiger partial charge is 0.368 e. The van der Waals surface area contributed by atoms with Crippen LogP contribution in [-0.2, 0) is 0 Å². The summed E-state index contributed by atoms with van der Waals surface area (Å²) in [5, 5.41) is 1.14. The summed E-state index contributed by atoms with van der Waals surface area (Å²) in [7, 11) is 1.69. The topological polar surface area (TPSA) is 28.6 Å². The van der Waals surface area contributed by atoms with Crippen LogP contribution in [0.15, 0.2) is 52.9 Å². The molecule has 0 spiro atoms. The number of rotatable bonds is 6. The molecule has 0 N–H and O–H groups in total. The summed E-state index contributed by atoms with van der Waals surface area (Å²) < 4.78 is 14.1. The maximum Gasteiger partial charge on any atom is 0.368 e. The van der Waals surface area contributed by atoms with Crippen LogP contribution in [0, 0.1) is 0 Å². The van der Waals surface area contributed by atoms with E-state index in [2.05, 4.69) is 71.9 Å². The van der Waals surface area contributed by atoms with Gasteiger partial charge in [-0.3, -0.25) is 0 Å². The zero-order valence-corrected chi connectivity index (χ0v) is 18.9. The molecule has 0 atom stereocenters. The van der Waals surface area contributed by atoms with Gasteiger partial charge in [-0.05, 0) is 55.7 Å². The Balaban J connectivity index is 1.82. The average Bonchev–Trinajstić information content (AvgIpc) is 2.84. The summed E-state index contributed by atoms with van der Waals surface area (Å²) in [6, 6.07) is 16.9. The molecule has 0 unspecified atom stereocenters. The number of nitrogens with zero attached hydrogens (tertiary/aromatic N) is 2. The molecule has 162 valence electrons. The lowest BCUT2D eigenvalue weighted by Gasteiger charge is -2.21. The van der Waals surface area contributed by atoms with Gasteiger partial charge in [0.25, 0.3) is 0 Å². The van der Waals surface area contributed by atoms with Crippen molar-refractivity contribution in [3.05, 3.63) is 65.2 Å². The molecule has 1 saturated heterocycles. The Labute approximate surface area is 185 Å². The zero-order valence-electron chi connectivity index (χ0n) is 18.9. The molecule has 0 aliphatic carbocycles. The first kappa shape index (κ1) is 21.2. The maximum atomic E-state index is 6.45. The molecule has 4 nitrogen and oxygen atoms in total. The van der Waals surface area contributed by atoms with Crippen LogP contribution >= 0.6 is 0 Å². The predicted octanol–water partition coefficient (Wildman–Crippen LogP) is 5.41. The number of anilines is 1. The third kappa shape index (κ3) is 4.84. The van der Waals surface area contributed by atoms with Crippen LogP contribution in [0.2, 0.25) is 0 Å². The van der Waals surface area contributed by atoms with E-state index in [1.165, 1.54) is 30.5 Å². The first-order chi connectivity index (χ1) is 15.2. The predicted molar refractivity (Wildman–Crippen MR) is 131 cm³/mol. The Morgan fingerprint density at radius 2 is 1.68 bits per heavy atom. The highest BCUT2D eigenvalue weighted by molar-refractivity contribution is 5.91. The first-order valence-corrected chi connectivity index (χ1v) is 11.4. The molecular formula is C27H33N2O2+. The van der Waals surface area contributed by atoms with Gasteiger partial charge < -0.3 is 14.1 Å². The fourth-order valence-corrected chi connectivity index (χ4v) is 4.28. The fourth-order valence-electron chi connectivity index (χ4n) is 4.28. The molecule has 1 aliphatic heterocycles. The van der Waals surface area contributed by atoms with Crippen LogP contribution in [0.25, 0.3) is 23.1 Å². The van der Waals surface area contributed by atoms with E-state index < -0.39 is 0 Å². The molecular weight excluding hydrogens is 384 g/mol. The van der Waals surface area contributed by atoms with Crippen LogP contribution < -0.4 is 19.8 Å². The Hall–Kier alpha value is -3.01. The summed E-state index contributed by atoms with van der Waals surface area (Å²) in [6.07, 6.45) is 8.12. The number of hydrogen-bond donors (Lipinski definition) is 0. The Morgan fingerprint density at radius 1 is 0.935 bits per heavy atom. The zero-order chi connectivity index (χ0) is 21.6. The van der Waals surface area contributed by atoms with Crippen LogP contribution in [0.3, 0.4) is 0 Å². The molecule has 0 bridgehead atoms. The van der Waals surface area contributed by atoms with E-state index in [0.717, 1.165) is 54.0 Å². The molecule has 4 rings (SSSR count). The van der Waals surface area contributed by atoms with Crippen LogP contribution in [0.5, 0.6) is 5.75 Å². The SMILES string of the molecule is CCN(CC)c1ccc2c(/C=C/c3ccc(OC)cc3)cc(=[N+]3CCCCC3)oc2c1. The van der Waals surface area contributed by atoms with E-state index in [9.17, 15) is 0 Å². The molecule has 3 aromatic rings. The highest BCUT2D eigenvalue weighted by Crippen LogP contribution is 2.25. The molecule has 4 heteroatoms. The summed E-state index contributed by atoms with van der Waals surface area (Å²) in [5.41, 5.74) is 5.46. The second-order valence-electron chi connectivity index (χ2n) is 8.05. The highest BCUT2D eigenvalue weighted by atomic mass is 16.5. The van der Waals surface area contributed by atoms with Crippen molar-refractivity contribution < 1.29 is 9.15 Å².